The van der Waals surface area contributed by atoms with Gasteiger partial charge in [0.05, 0.1) is 23.1 Å². The summed E-state index contributed by atoms with van der Waals surface area (Å²) in [7, 11) is 0. The topological polar surface area (TPSA) is 82.7 Å². The molecule has 0 bridgehead atoms. The van der Waals surface area contributed by atoms with Crippen molar-refractivity contribution < 1.29 is 20.1 Å². The Bertz CT molecular complexity index is 901. The number of halogens is 1. The molecule has 0 radical (unpaired) electrons. The van der Waals surface area contributed by atoms with Gasteiger partial charge in [0, 0.05) is 16.5 Å². The second kappa shape index (κ2) is 5.96. The summed E-state index contributed by atoms with van der Waals surface area (Å²) in [5.74, 6) is -0.771. The molecule has 118 valence electrons. The van der Waals surface area contributed by atoms with Gasteiger partial charge in [0.15, 0.2) is 0 Å². The van der Waals surface area contributed by atoms with Crippen molar-refractivity contribution in [2.24, 2.45) is 0 Å². The maximum Gasteiger partial charge on any atom is 0.307 e. The van der Waals surface area contributed by atoms with E-state index in [1.807, 2.05) is 16.7 Å². The van der Waals surface area contributed by atoms with Crippen molar-refractivity contribution in [3.8, 4) is 11.5 Å². The Labute approximate surface area is 140 Å². The van der Waals surface area contributed by atoms with Crippen LogP contribution in [0.4, 0.5) is 0 Å². The highest BCUT2D eigenvalue weighted by Gasteiger charge is 2.20. The molecule has 0 fully saturated rings. The van der Waals surface area contributed by atoms with E-state index in [4.69, 9.17) is 5.11 Å². The molecule has 0 atom stereocenters. The Kier molecular flexibility index (Phi) is 4.00. The summed E-state index contributed by atoms with van der Waals surface area (Å²) in [5.41, 5.74) is 1.92. The number of hydrogen-bond donors (Lipinski definition) is 3. The molecule has 0 aliphatic rings. The molecule has 0 saturated heterocycles. The van der Waals surface area contributed by atoms with Crippen LogP contribution in [0.25, 0.3) is 10.9 Å². The summed E-state index contributed by atoms with van der Waals surface area (Å²) in [6, 6.07) is 12.0. The van der Waals surface area contributed by atoms with E-state index >= 15 is 0 Å². The Morgan fingerprint density at radius 1 is 1.04 bits per heavy atom. The highest BCUT2D eigenvalue weighted by Crippen LogP contribution is 2.37. The SMILES string of the molecule is O=C(O)Cc1c(Br)n(Cc2ccccc2O)c2cccc(O)c12. The zero-order valence-electron chi connectivity index (χ0n) is 12.0. The molecule has 3 rings (SSSR count). The largest absolute Gasteiger partial charge is 0.508 e. The molecule has 5 nitrogen and oxygen atoms in total. The van der Waals surface area contributed by atoms with Crippen molar-refractivity contribution in [1.29, 1.82) is 0 Å². The number of benzene rings is 2. The van der Waals surface area contributed by atoms with Gasteiger partial charge in [-0.15, -0.1) is 0 Å². The smallest absolute Gasteiger partial charge is 0.307 e. The van der Waals surface area contributed by atoms with E-state index in [1.165, 1.54) is 6.07 Å². The van der Waals surface area contributed by atoms with Gasteiger partial charge in [0.2, 0.25) is 0 Å². The van der Waals surface area contributed by atoms with E-state index in [0.717, 1.165) is 0 Å². The first kappa shape index (κ1) is 15.4. The molecule has 0 spiro atoms. The molecule has 2 aromatic carbocycles. The van der Waals surface area contributed by atoms with Crippen LogP contribution in [0.15, 0.2) is 47.1 Å². The number of nitrogens with zero attached hydrogens (tertiary/aromatic N) is 1. The van der Waals surface area contributed by atoms with E-state index in [9.17, 15) is 15.0 Å². The molecule has 0 amide bonds. The summed E-state index contributed by atoms with van der Waals surface area (Å²) >= 11 is 3.45. The molecule has 0 saturated carbocycles. The quantitative estimate of drug-likeness (QED) is 0.651. The number of aromatic nitrogens is 1. The average molecular weight is 376 g/mol. The van der Waals surface area contributed by atoms with Gasteiger partial charge in [-0.05, 0) is 34.1 Å². The Balaban J connectivity index is 2.21. The standard InChI is InChI=1S/C17H14BrNO4/c18-17-11(8-15(22)23)16-12(5-3-7-14(16)21)19(17)9-10-4-1-2-6-13(10)20/h1-7,20-21H,8-9H2,(H,22,23). The van der Waals surface area contributed by atoms with E-state index in [1.54, 1.807) is 24.3 Å². The maximum absolute atomic E-state index is 11.1. The molecule has 0 aliphatic heterocycles. The lowest BCUT2D eigenvalue weighted by Gasteiger charge is -2.09. The predicted octanol–water partition coefficient (Wildman–Crippen LogP) is 3.49. The Morgan fingerprint density at radius 2 is 1.74 bits per heavy atom. The number of para-hydroxylation sites is 1. The van der Waals surface area contributed by atoms with Crippen LogP contribution in [0.3, 0.4) is 0 Å². The monoisotopic (exact) mass is 375 g/mol. The number of carbonyl (C=O) groups is 1. The summed E-state index contributed by atoms with van der Waals surface area (Å²) in [6.07, 6.45) is -0.206. The van der Waals surface area contributed by atoms with Crippen LogP contribution in [0, 0.1) is 0 Å². The van der Waals surface area contributed by atoms with Crippen molar-refractivity contribution in [3.05, 3.63) is 58.2 Å². The molecule has 3 aromatic rings. The highest BCUT2D eigenvalue weighted by molar-refractivity contribution is 9.10. The zero-order valence-corrected chi connectivity index (χ0v) is 13.6. The van der Waals surface area contributed by atoms with Crippen LogP contribution in [-0.2, 0) is 17.8 Å². The fourth-order valence-electron chi connectivity index (χ4n) is 2.72. The third-order valence-corrected chi connectivity index (χ3v) is 4.65. The lowest BCUT2D eigenvalue weighted by molar-refractivity contribution is -0.136. The maximum atomic E-state index is 11.1. The van der Waals surface area contributed by atoms with Crippen LogP contribution in [0.5, 0.6) is 11.5 Å². The van der Waals surface area contributed by atoms with E-state index in [-0.39, 0.29) is 17.9 Å². The Hall–Kier alpha value is -2.47. The van der Waals surface area contributed by atoms with Crippen LogP contribution in [0.2, 0.25) is 0 Å². The number of aromatic hydroxyl groups is 2. The molecule has 0 unspecified atom stereocenters. The molecular weight excluding hydrogens is 362 g/mol. The molecule has 6 heteroatoms. The summed E-state index contributed by atoms with van der Waals surface area (Å²) < 4.78 is 2.42. The predicted molar refractivity (Wildman–Crippen MR) is 89.9 cm³/mol. The van der Waals surface area contributed by atoms with Crippen molar-refractivity contribution in [3.63, 3.8) is 0 Å². The number of hydrogen-bond acceptors (Lipinski definition) is 3. The minimum Gasteiger partial charge on any atom is -0.508 e. The number of rotatable bonds is 4. The second-order valence-corrected chi connectivity index (χ2v) is 5.98. The average Bonchev–Trinajstić information content (AvgIpc) is 2.76. The van der Waals surface area contributed by atoms with Crippen molar-refractivity contribution in [2.45, 2.75) is 13.0 Å². The number of carboxylic acid groups (broad SMARTS) is 1. The van der Waals surface area contributed by atoms with Crippen LogP contribution >= 0.6 is 15.9 Å². The molecule has 3 N–H and O–H groups in total. The lowest BCUT2D eigenvalue weighted by atomic mass is 10.1. The van der Waals surface area contributed by atoms with Gasteiger partial charge in [0.1, 0.15) is 11.5 Å². The van der Waals surface area contributed by atoms with Gasteiger partial charge in [-0.1, -0.05) is 24.3 Å². The van der Waals surface area contributed by atoms with Crippen molar-refractivity contribution >= 4 is 32.8 Å². The van der Waals surface area contributed by atoms with E-state index in [2.05, 4.69) is 15.9 Å². The van der Waals surface area contributed by atoms with E-state index in [0.29, 0.717) is 33.2 Å². The van der Waals surface area contributed by atoms with Gasteiger partial charge in [-0.2, -0.15) is 0 Å². The fraction of sp³-hybridized carbons (Fsp3) is 0.118. The van der Waals surface area contributed by atoms with Crippen LogP contribution in [-0.4, -0.2) is 25.9 Å². The molecule has 1 aromatic heterocycles. The number of aliphatic carboxylic acids is 1. The van der Waals surface area contributed by atoms with Crippen LogP contribution in [0.1, 0.15) is 11.1 Å². The second-order valence-electron chi connectivity index (χ2n) is 5.23. The van der Waals surface area contributed by atoms with Crippen LogP contribution < -0.4 is 0 Å². The first-order valence-electron chi connectivity index (χ1n) is 6.96. The van der Waals surface area contributed by atoms with Gasteiger partial charge >= 0.3 is 5.97 Å². The lowest BCUT2D eigenvalue weighted by Crippen LogP contribution is -2.03. The van der Waals surface area contributed by atoms with Crippen molar-refractivity contribution in [2.75, 3.05) is 0 Å². The van der Waals surface area contributed by atoms with Gasteiger partial charge in [-0.25, -0.2) is 0 Å². The number of fused-ring (bicyclic) bond motifs is 1. The van der Waals surface area contributed by atoms with Gasteiger partial charge in [-0.3, -0.25) is 4.79 Å². The fourth-order valence-corrected chi connectivity index (χ4v) is 3.37. The zero-order chi connectivity index (χ0) is 16.6. The van der Waals surface area contributed by atoms with E-state index < -0.39 is 5.97 Å². The summed E-state index contributed by atoms with van der Waals surface area (Å²) in [4.78, 5) is 11.1. The third kappa shape index (κ3) is 2.77. The Morgan fingerprint density at radius 3 is 2.43 bits per heavy atom. The minimum absolute atomic E-state index is 0.0375. The summed E-state index contributed by atoms with van der Waals surface area (Å²) in [5, 5.41) is 29.8. The minimum atomic E-state index is -0.976. The first-order chi connectivity index (χ1) is 11.0. The molecule has 23 heavy (non-hydrogen) atoms. The first-order valence-corrected chi connectivity index (χ1v) is 7.75. The van der Waals surface area contributed by atoms with Crippen molar-refractivity contribution in [1.82, 2.24) is 4.57 Å². The number of carboxylic acids is 1. The van der Waals surface area contributed by atoms with Gasteiger partial charge < -0.3 is 19.9 Å². The van der Waals surface area contributed by atoms with Gasteiger partial charge in [0.25, 0.3) is 0 Å². The third-order valence-electron chi connectivity index (χ3n) is 3.75. The normalized spacial score (nSPS) is 11.0. The molecular formula is C17H14BrNO4. The molecule has 0 aliphatic carbocycles. The number of phenols is 2. The molecule has 1 heterocycles. The highest BCUT2D eigenvalue weighted by atomic mass is 79.9. The summed E-state index contributed by atoms with van der Waals surface area (Å²) in [6.45, 7) is 0.354. The number of phenolic OH excluding ortho intramolecular Hbond substituents is 2.